The van der Waals surface area contributed by atoms with E-state index < -0.39 is 11.9 Å². The van der Waals surface area contributed by atoms with Crippen molar-refractivity contribution in [3.05, 3.63) is 0 Å². The van der Waals surface area contributed by atoms with E-state index in [1.165, 1.54) is 0 Å². The predicted molar refractivity (Wildman–Crippen MR) is 26.5 cm³/mol. The Morgan fingerprint density at radius 1 is 1.00 bits per heavy atom. The Hall–Kier alpha value is -1.59. The minimum atomic E-state index is -1.44. The first kappa shape index (κ1) is 16.2. The van der Waals surface area contributed by atoms with Crippen LogP contribution in [0.3, 0.4) is 0 Å². The Morgan fingerprint density at radius 2 is 1.09 bits per heavy atom. The first-order chi connectivity index (χ1) is 4.54. The van der Waals surface area contributed by atoms with E-state index in [1.54, 1.807) is 0 Å². The Morgan fingerprint density at radius 3 is 1.09 bits per heavy atom. The molecule has 62 valence electrons. The largest absolute Gasteiger partial charge is 0.470 e. The van der Waals surface area contributed by atoms with E-state index in [9.17, 15) is 0 Å². The van der Waals surface area contributed by atoms with Gasteiger partial charge in [0.15, 0.2) is 12.1 Å². The van der Waals surface area contributed by atoms with Crippen LogP contribution in [0.15, 0.2) is 0 Å². The fourth-order valence-corrected chi connectivity index (χ4v) is 0. The summed E-state index contributed by atoms with van der Waals surface area (Å²) in [5, 5.41) is 29.3. The summed E-state index contributed by atoms with van der Waals surface area (Å²) in [6.07, 6.45) is 0. The molecule has 2 N–H and O–H groups in total. The Bertz CT molecular complexity index is 189. The first-order valence-electron chi connectivity index (χ1n) is 1.80. The van der Waals surface area contributed by atoms with Crippen molar-refractivity contribution >= 4 is 11.9 Å². The molecular formula is C4H2N2NiO4. The summed E-state index contributed by atoms with van der Waals surface area (Å²) in [7, 11) is 0. The van der Waals surface area contributed by atoms with Crippen LogP contribution in [0.4, 0.5) is 0 Å². The molecule has 0 saturated carbocycles. The molecule has 0 atom stereocenters. The molecule has 6 nitrogen and oxygen atoms in total. The Kier molecular flexibility index (Phi) is 16.6. The molecule has 0 aliphatic carbocycles. The molecule has 0 unspecified atom stereocenters. The number of carbonyl (C=O) groups is 2. The van der Waals surface area contributed by atoms with Gasteiger partial charge in [-0.05, 0) is 0 Å². The maximum absolute atomic E-state index is 9.01. The minimum Gasteiger partial charge on any atom is -0.470 e. The topological polar surface area (TPSA) is 122 Å². The van der Waals surface area contributed by atoms with Crippen molar-refractivity contribution in [2.45, 2.75) is 0 Å². The molecule has 0 aliphatic heterocycles. The Labute approximate surface area is 71.6 Å². The van der Waals surface area contributed by atoms with Gasteiger partial charge in [0.1, 0.15) is 0 Å². The first-order valence-corrected chi connectivity index (χ1v) is 1.80. The van der Waals surface area contributed by atoms with E-state index in [2.05, 4.69) is 0 Å². The molecule has 0 aliphatic rings. The number of aliphatic carboxylic acids is 2. The molecular weight excluding hydrogens is 199 g/mol. The fraction of sp³-hybridized carbons (Fsp3) is 0. The van der Waals surface area contributed by atoms with Gasteiger partial charge in [0.05, 0.1) is 0 Å². The monoisotopic (exact) mass is 200 g/mol. The van der Waals surface area contributed by atoms with Gasteiger partial charge in [0.2, 0.25) is 0 Å². The molecule has 0 heterocycles. The maximum atomic E-state index is 9.01. The van der Waals surface area contributed by atoms with Gasteiger partial charge in [-0.1, -0.05) is 0 Å². The number of nitriles is 2. The molecule has 0 saturated heterocycles. The average Bonchev–Trinajstić information content (AvgIpc) is 1.89. The zero-order chi connectivity index (χ0) is 8.57. The number of nitrogens with zero attached hydrogens (tertiary/aromatic N) is 2. The van der Waals surface area contributed by atoms with Crippen molar-refractivity contribution < 1.29 is 36.3 Å². The van der Waals surface area contributed by atoms with Crippen LogP contribution < -0.4 is 0 Å². The van der Waals surface area contributed by atoms with Gasteiger partial charge in [-0.2, -0.15) is 10.5 Å². The van der Waals surface area contributed by atoms with Gasteiger partial charge in [-0.15, -0.1) is 0 Å². The second-order valence-corrected chi connectivity index (χ2v) is 0.834. The van der Waals surface area contributed by atoms with Crippen LogP contribution in [0.2, 0.25) is 0 Å². The predicted octanol–water partition coefficient (Wildman–Crippen LogP) is -0.813. The molecule has 0 radical (unpaired) electrons. The molecule has 0 amide bonds. The van der Waals surface area contributed by atoms with Gasteiger partial charge < -0.3 is 10.2 Å². The summed E-state index contributed by atoms with van der Waals surface area (Å²) in [6.45, 7) is 0. The summed E-state index contributed by atoms with van der Waals surface area (Å²) in [6, 6.07) is 1.89. The van der Waals surface area contributed by atoms with E-state index in [0.29, 0.717) is 0 Å². The number of rotatable bonds is 0. The van der Waals surface area contributed by atoms with Crippen molar-refractivity contribution in [1.29, 1.82) is 10.5 Å². The van der Waals surface area contributed by atoms with E-state index in [-0.39, 0.29) is 16.5 Å². The molecule has 11 heavy (non-hydrogen) atoms. The van der Waals surface area contributed by atoms with Crippen LogP contribution in [0.5, 0.6) is 0 Å². The number of carboxylic acid groups (broad SMARTS) is 2. The molecule has 0 fully saturated rings. The summed E-state index contributed by atoms with van der Waals surface area (Å²) in [4.78, 5) is 18.0. The van der Waals surface area contributed by atoms with Gasteiger partial charge in [-0.25, -0.2) is 9.59 Å². The zero-order valence-corrected chi connectivity index (χ0v) is 5.91. The fourth-order valence-electron chi connectivity index (χ4n) is 0. The SMILES string of the molecule is N#CC(=O)O.N#CC(=O)O.[Ni]. The zero-order valence-electron chi connectivity index (χ0n) is 4.92. The van der Waals surface area contributed by atoms with Gasteiger partial charge in [-0.3, -0.25) is 0 Å². The quantitative estimate of drug-likeness (QED) is 0.300. The van der Waals surface area contributed by atoms with Crippen LogP contribution in [0.25, 0.3) is 0 Å². The van der Waals surface area contributed by atoms with Crippen LogP contribution >= 0.6 is 0 Å². The van der Waals surface area contributed by atoms with E-state index in [0.717, 1.165) is 12.1 Å². The molecule has 0 bridgehead atoms. The van der Waals surface area contributed by atoms with Gasteiger partial charge in [0, 0.05) is 16.5 Å². The van der Waals surface area contributed by atoms with E-state index in [4.69, 9.17) is 30.3 Å². The second kappa shape index (κ2) is 11.2. The summed E-state index contributed by atoms with van der Waals surface area (Å²) in [5.74, 6) is -2.88. The molecule has 0 aromatic heterocycles. The third-order valence-electron chi connectivity index (χ3n) is 0.191. The van der Waals surface area contributed by atoms with Crippen molar-refractivity contribution in [3.8, 4) is 12.1 Å². The smallest absolute Gasteiger partial charge is 0.408 e. The third-order valence-corrected chi connectivity index (χ3v) is 0.191. The molecule has 0 spiro atoms. The van der Waals surface area contributed by atoms with Crippen LogP contribution in [0.1, 0.15) is 0 Å². The van der Waals surface area contributed by atoms with E-state index in [1.807, 2.05) is 0 Å². The maximum Gasteiger partial charge on any atom is 0.408 e. The standard InChI is InChI=1S/2C2HNO2.Ni/c2*3-1-2(4)5;/h2*(H,4,5);. The molecule has 0 aromatic carbocycles. The normalized spacial score (nSPS) is 4.91. The van der Waals surface area contributed by atoms with Crippen LogP contribution in [0, 0.1) is 22.7 Å². The Balaban J connectivity index is -0.000000107. The number of hydrogen-bond acceptors (Lipinski definition) is 4. The van der Waals surface area contributed by atoms with E-state index >= 15 is 0 Å². The molecule has 7 heteroatoms. The second-order valence-electron chi connectivity index (χ2n) is 0.834. The van der Waals surface area contributed by atoms with Crippen molar-refractivity contribution in [1.82, 2.24) is 0 Å². The molecule has 0 aromatic rings. The minimum absolute atomic E-state index is 0. The third kappa shape index (κ3) is 59.4. The number of hydrogen-bond donors (Lipinski definition) is 2. The summed E-state index contributed by atoms with van der Waals surface area (Å²) >= 11 is 0. The van der Waals surface area contributed by atoms with Crippen molar-refractivity contribution in [2.24, 2.45) is 0 Å². The van der Waals surface area contributed by atoms with Crippen molar-refractivity contribution in [3.63, 3.8) is 0 Å². The molecule has 0 rings (SSSR count). The van der Waals surface area contributed by atoms with Gasteiger partial charge in [0.25, 0.3) is 0 Å². The summed E-state index contributed by atoms with van der Waals surface area (Å²) < 4.78 is 0. The average molecular weight is 201 g/mol. The van der Waals surface area contributed by atoms with Crippen molar-refractivity contribution in [2.75, 3.05) is 0 Å². The van der Waals surface area contributed by atoms with Crippen LogP contribution in [-0.4, -0.2) is 22.2 Å². The summed E-state index contributed by atoms with van der Waals surface area (Å²) in [5.41, 5.74) is 0. The van der Waals surface area contributed by atoms with Gasteiger partial charge >= 0.3 is 11.9 Å². The number of carboxylic acids is 2. The van der Waals surface area contributed by atoms with Crippen LogP contribution in [-0.2, 0) is 26.1 Å².